The zero-order chi connectivity index (χ0) is 14.4. The fourth-order valence-corrected chi connectivity index (χ4v) is 1.54. The van der Waals surface area contributed by atoms with Gasteiger partial charge in [-0.2, -0.15) is 0 Å². The molecule has 0 aliphatic rings. The van der Waals surface area contributed by atoms with Gasteiger partial charge in [-0.1, -0.05) is 12.2 Å². The van der Waals surface area contributed by atoms with E-state index in [4.69, 9.17) is 9.15 Å². The molecule has 1 rings (SSSR count). The Morgan fingerprint density at radius 1 is 1.42 bits per heavy atom. The van der Waals surface area contributed by atoms with Gasteiger partial charge in [-0.05, 0) is 32.9 Å². The molecule has 0 radical (unpaired) electrons. The fourth-order valence-electron chi connectivity index (χ4n) is 1.54. The van der Waals surface area contributed by atoms with E-state index in [-0.39, 0.29) is 18.3 Å². The number of amides is 1. The van der Waals surface area contributed by atoms with Crippen LogP contribution in [0.15, 0.2) is 28.7 Å². The van der Waals surface area contributed by atoms with Crippen LogP contribution in [0.3, 0.4) is 0 Å². The Labute approximate surface area is 112 Å². The first-order valence-corrected chi connectivity index (χ1v) is 6.09. The van der Waals surface area contributed by atoms with Gasteiger partial charge >= 0.3 is 5.97 Å². The molecule has 0 atom stereocenters. The van der Waals surface area contributed by atoms with Crippen molar-refractivity contribution in [1.82, 2.24) is 4.90 Å². The van der Waals surface area contributed by atoms with Crippen LogP contribution in [0, 0.1) is 6.92 Å². The lowest BCUT2D eigenvalue weighted by Gasteiger charge is -2.20. The van der Waals surface area contributed by atoms with Crippen molar-refractivity contribution in [3.05, 3.63) is 35.8 Å². The quantitative estimate of drug-likeness (QED) is 0.584. The Hall–Kier alpha value is -2.04. The van der Waals surface area contributed by atoms with E-state index in [1.807, 2.05) is 13.8 Å². The summed E-state index contributed by atoms with van der Waals surface area (Å²) in [4.78, 5) is 25.0. The molecule has 0 bridgehead atoms. The number of esters is 1. The molecule has 1 heterocycles. The molecule has 5 heteroatoms. The Bertz CT molecular complexity index is 476. The third kappa shape index (κ3) is 4.62. The van der Waals surface area contributed by atoms with Gasteiger partial charge < -0.3 is 14.1 Å². The minimum atomic E-state index is -0.632. The van der Waals surface area contributed by atoms with Crippen LogP contribution in [-0.4, -0.2) is 36.5 Å². The molecule has 1 aromatic heterocycles. The molecule has 0 saturated heterocycles. The number of carbonyl (C=O) groups is 2. The summed E-state index contributed by atoms with van der Waals surface area (Å²) in [6, 6.07) is 3.19. The number of hydrogen-bond acceptors (Lipinski definition) is 4. The highest BCUT2D eigenvalue weighted by Gasteiger charge is 2.17. The molecule has 0 fully saturated rings. The molecule has 0 N–H and O–H groups in total. The highest BCUT2D eigenvalue weighted by molar-refractivity contribution is 5.88. The molecule has 0 aliphatic heterocycles. The van der Waals surface area contributed by atoms with E-state index in [1.165, 1.54) is 6.07 Å². The summed E-state index contributed by atoms with van der Waals surface area (Å²) in [6.07, 6.45) is 0. The van der Waals surface area contributed by atoms with E-state index in [1.54, 1.807) is 17.9 Å². The van der Waals surface area contributed by atoms with E-state index in [0.29, 0.717) is 18.8 Å². The second kappa shape index (κ2) is 6.78. The van der Waals surface area contributed by atoms with Crippen molar-refractivity contribution in [3.8, 4) is 0 Å². The van der Waals surface area contributed by atoms with E-state index in [0.717, 1.165) is 5.57 Å². The average Bonchev–Trinajstić information content (AvgIpc) is 2.79. The Morgan fingerprint density at radius 2 is 2.11 bits per heavy atom. The number of furan rings is 1. The predicted molar refractivity (Wildman–Crippen MR) is 70.8 cm³/mol. The summed E-state index contributed by atoms with van der Waals surface area (Å²) in [6.45, 7) is 9.90. The van der Waals surface area contributed by atoms with E-state index in [2.05, 4.69) is 6.58 Å². The maximum absolute atomic E-state index is 11.8. The molecule has 0 spiro atoms. The molecular weight excluding hydrogens is 246 g/mol. The van der Waals surface area contributed by atoms with E-state index >= 15 is 0 Å². The van der Waals surface area contributed by atoms with Gasteiger partial charge in [-0.25, -0.2) is 4.79 Å². The molecule has 5 nitrogen and oxygen atoms in total. The van der Waals surface area contributed by atoms with Crippen molar-refractivity contribution >= 4 is 11.9 Å². The highest BCUT2D eigenvalue weighted by atomic mass is 16.5. The smallest absolute Gasteiger partial charge is 0.374 e. The number of carbonyl (C=O) groups excluding carboxylic acids is 2. The number of rotatable bonds is 6. The van der Waals surface area contributed by atoms with Gasteiger partial charge in [0.25, 0.3) is 5.91 Å². The second-order valence-electron chi connectivity index (χ2n) is 4.35. The van der Waals surface area contributed by atoms with E-state index < -0.39 is 5.97 Å². The number of nitrogens with zero attached hydrogens (tertiary/aromatic N) is 1. The molecule has 0 aromatic carbocycles. The summed E-state index contributed by atoms with van der Waals surface area (Å²) in [5.41, 5.74) is 0.878. The summed E-state index contributed by atoms with van der Waals surface area (Å²) < 4.78 is 10.0. The zero-order valence-corrected chi connectivity index (χ0v) is 11.6. The topological polar surface area (TPSA) is 59.8 Å². The van der Waals surface area contributed by atoms with Gasteiger partial charge in [-0.3, -0.25) is 4.79 Å². The molecular formula is C14H19NO4. The first-order chi connectivity index (χ1) is 8.93. The molecule has 104 valence electrons. The number of likely N-dealkylation sites (N-methyl/N-ethyl adjacent to an activating group) is 1. The van der Waals surface area contributed by atoms with Crippen LogP contribution in [0.5, 0.6) is 0 Å². The minimum Gasteiger partial charge on any atom is -0.454 e. The van der Waals surface area contributed by atoms with Crippen molar-refractivity contribution in [3.63, 3.8) is 0 Å². The lowest BCUT2D eigenvalue weighted by molar-refractivity contribution is -0.134. The lowest BCUT2D eigenvalue weighted by atomic mass is 10.3. The number of aryl methyl sites for hydroxylation is 1. The Balaban J connectivity index is 2.49. The summed E-state index contributed by atoms with van der Waals surface area (Å²) in [5, 5.41) is 0. The Morgan fingerprint density at radius 3 is 2.58 bits per heavy atom. The van der Waals surface area contributed by atoms with Crippen molar-refractivity contribution in [2.45, 2.75) is 20.8 Å². The zero-order valence-electron chi connectivity index (χ0n) is 11.6. The molecule has 0 unspecified atom stereocenters. The largest absolute Gasteiger partial charge is 0.454 e. The van der Waals surface area contributed by atoms with Gasteiger partial charge in [0, 0.05) is 13.1 Å². The van der Waals surface area contributed by atoms with Crippen LogP contribution in [0.25, 0.3) is 0 Å². The van der Waals surface area contributed by atoms with Crippen molar-refractivity contribution in [1.29, 1.82) is 0 Å². The fraction of sp³-hybridized carbons (Fsp3) is 0.429. The average molecular weight is 265 g/mol. The molecule has 19 heavy (non-hydrogen) atoms. The van der Waals surface area contributed by atoms with Gasteiger partial charge in [0.1, 0.15) is 5.76 Å². The maximum Gasteiger partial charge on any atom is 0.374 e. The first-order valence-electron chi connectivity index (χ1n) is 6.09. The third-order valence-corrected chi connectivity index (χ3v) is 2.46. The standard InChI is InChI=1S/C14H19NO4/c1-5-15(8-10(2)3)13(16)9-18-14(17)12-7-6-11(4)19-12/h6-7H,2,5,8-9H2,1,3-4H3. The Kier molecular flexibility index (Phi) is 5.36. The van der Waals surface area contributed by atoms with Gasteiger partial charge in [0.05, 0.1) is 0 Å². The third-order valence-electron chi connectivity index (χ3n) is 2.46. The van der Waals surface area contributed by atoms with Crippen LogP contribution in [-0.2, 0) is 9.53 Å². The normalized spacial score (nSPS) is 10.1. The monoisotopic (exact) mass is 265 g/mol. The second-order valence-corrected chi connectivity index (χ2v) is 4.35. The first kappa shape index (κ1) is 15.0. The van der Waals surface area contributed by atoms with Crippen LogP contribution in [0.2, 0.25) is 0 Å². The van der Waals surface area contributed by atoms with Gasteiger partial charge in [0.15, 0.2) is 6.61 Å². The summed E-state index contributed by atoms with van der Waals surface area (Å²) in [5.74, 6) is -0.154. The van der Waals surface area contributed by atoms with Crippen molar-refractivity contribution in [2.75, 3.05) is 19.7 Å². The molecule has 1 aromatic rings. The van der Waals surface area contributed by atoms with Crippen LogP contribution >= 0.6 is 0 Å². The van der Waals surface area contributed by atoms with Gasteiger partial charge in [-0.15, -0.1) is 0 Å². The van der Waals surface area contributed by atoms with Crippen molar-refractivity contribution in [2.24, 2.45) is 0 Å². The lowest BCUT2D eigenvalue weighted by Crippen LogP contribution is -2.35. The number of hydrogen-bond donors (Lipinski definition) is 0. The SMILES string of the molecule is C=C(C)CN(CC)C(=O)COC(=O)c1ccc(C)o1. The van der Waals surface area contributed by atoms with Crippen molar-refractivity contribution < 1.29 is 18.7 Å². The summed E-state index contributed by atoms with van der Waals surface area (Å²) in [7, 11) is 0. The predicted octanol–water partition coefficient (Wildman–Crippen LogP) is 2.17. The number of ether oxygens (including phenoxy) is 1. The highest BCUT2D eigenvalue weighted by Crippen LogP contribution is 2.08. The maximum atomic E-state index is 11.8. The van der Waals surface area contributed by atoms with Crippen LogP contribution in [0.1, 0.15) is 30.2 Å². The molecule has 0 aliphatic carbocycles. The van der Waals surface area contributed by atoms with Crippen LogP contribution in [0.4, 0.5) is 0 Å². The summed E-state index contributed by atoms with van der Waals surface area (Å²) >= 11 is 0. The minimum absolute atomic E-state index is 0.105. The van der Waals surface area contributed by atoms with Gasteiger partial charge in [0.2, 0.25) is 5.76 Å². The molecule has 0 saturated carbocycles. The van der Waals surface area contributed by atoms with Crippen LogP contribution < -0.4 is 0 Å². The molecule has 1 amide bonds. The van der Waals surface area contributed by atoms with E-state index in [9.17, 15) is 9.59 Å².